The molecule has 1 saturated heterocycles. The van der Waals surface area contributed by atoms with Crippen molar-refractivity contribution in [2.45, 2.75) is 111 Å². The Balaban J connectivity index is 2.16. The number of allylic oxidation sites excluding steroid dienone is 1. The summed E-state index contributed by atoms with van der Waals surface area (Å²) in [6.07, 6.45) is 9.62. The highest BCUT2D eigenvalue weighted by Gasteiger charge is 2.45. The summed E-state index contributed by atoms with van der Waals surface area (Å²) in [5, 5.41) is 5.71. The summed E-state index contributed by atoms with van der Waals surface area (Å²) in [4.78, 5) is 37.1. The molecule has 1 rings (SSSR count). The Morgan fingerprint density at radius 2 is 1.67 bits per heavy atom. The fourth-order valence-corrected chi connectivity index (χ4v) is 3.97. The Morgan fingerprint density at radius 3 is 2.36 bits per heavy atom. The summed E-state index contributed by atoms with van der Waals surface area (Å²) < 4.78 is 16.7. The van der Waals surface area contributed by atoms with Gasteiger partial charge >= 0.3 is 5.97 Å². The lowest BCUT2D eigenvalue weighted by atomic mass is 9.85. The fraction of sp³-hybridized carbons (Fsp3) is 0.821. The number of hydrogen-bond donors (Lipinski definition) is 2. The minimum Gasteiger partial charge on any atom is -0.466 e. The minimum atomic E-state index is -0.827. The highest BCUT2D eigenvalue weighted by Crippen LogP contribution is 2.34. The van der Waals surface area contributed by atoms with E-state index < -0.39 is 22.7 Å². The molecule has 8 heteroatoms. The van der Waals surface area contributed by atoms with E-state index >= 15 is 0 Å². The summed E-state index contributed by atoms with van der Waals surface area (Å²) >= 11 is 0. The lowest BCUT2D eigenvalue weighted by Gasteiger charge is -2.44. The molecular formula is C28H50N2O6. The van der Waals surface area contributed by atoms with Crippen molar-refractivity contribution >= 4 is 17.8 Å². The molecule has 1 aliphatic rings. The number of unbranched alkanes of at least 4 members (excludes halogenated alkanes) is 5. The molecule has 0 saturated carbocycles. The molecule has 1 aliphatic heterocycles. The van der Waals surface area contributed by atoms with Crippen molar-refractivity contribution in [3.63, 3.8) is 0 Å². The van der Waals surface area contributed by atoms with Gasteiger partial charge in [0.05, 0.1) is 19.6 Å². The van der Waals surface area contributed by atoms with Crippen LogP contribution in [0.2, 0.25) is 0 Å². The second-order valence-corrected chi connectivity index (χ2v) is 11.5. The van der Waals surface area contributed by atoms with Gasteiger partial charge in [-0.25, -0.2) is 0 Å². The summed E-state index contributed by atoms with van der Waals surface area (Å²) in [7, 11) is 0. The van der Waals surface area contributed by atoms with Crippen LogP contribution < -0.4 is 10.6 Å². The molecule has 2 N–H and O–H groups in total. The third kappa shape index (κ3) is 12.3. The number of carbonyl (C=O) groups is 3. The van der Waals surface area contributed by atoms with Gasteiger partial charge in [0.25, 0.3) is 0 Å². The van der Waals surface area contributed by atoms with E-state index in [1.807, 2.05) is 33.8 Å². The monoisotopic (exact) mass is 510 g/mol. The molecule has 36 heavy (non-hydrogen) atoms. The molecule has 2 amide bonds. The van der Waals surface area contributed by atoms with E-state index in [-0.39, 0.29) is 37.4 Å². The molecular weight excluding hydrogens is 460 g/mol. The van der Waals surface area contributed by atoms with Crippen molar-refractivity contribution in [1.29, 1.82) is 0 Å². The van der Waals surface area contributed by atoms with Crippen LogP contribution in [-0.2, 0) is 28.6 Å². The Morgan fingerprint density at radius 1 is 1.00 bits per heavy atom. The van der Waals surface area contributed by atoms with E-state index in [2.05, 4.69) is 17.2 Å². The second kappa shape index (κ2) is 15.4. The van der Waals surface area contributed by atoms with Crippen LogP contribution in [0.15, 0.2) is 12.7 Å². The summed E-state index contributed by atoms with van der Waals surface area (Å²) in [6.45, 7) is 16.3. The molecule has 0 radical (unpaired) electrons. The van der Waals surface area contributed by atoms with Crippen LogP contribution in [0.5, 0.6) is 0 Å². The van der Waals surface area contributed by atoms with Gasteiger partial charge in [-0.15, -0.1) is 6.58 Å². The van der Waals surface area contributed by atoms with Crippen LogP contribution in [0, 0.1) is 10.8 Å². The zero-order valence-corrected chi connectivity index (χ0v) is 23.5. The van der Waals surface area contributed by atoms with Crippen molar-refractivity contribution in [3.05, 3.63) is 12.7 Å². The number of hydrogen-bond acceptors (Lipinski definition) is 6. The Hall–Kier alpha value is -1.93. The second-order valence-electron chi connectivity index (χ2n) is 11.5. The predicted molar refractivity (Wildman–Crippen MR) is 141 cm³/mol. The predicted octanol–water partition coefficient (Wildman–Crippen LogP) is 4.66. The van der Waals surface area contributed by atoms with E-state index in [4.69, 9.17) is 14.2 Å². The maximum absolute atomic E-state index is 12.6. The molecule has 0 spiro atoms. The molecule has 0 aromatic rings. The number of amides is 2. The number of nitrogens with one attached hydrogen (secondary N) is 2. The molecule has 1 unspecified atom stereocenters. The Labute approximate surface area is 218 Å². The quantitative estimate of drug-likeness (QED) is 0.168. The highest BCUT2D eigenvalue weighted by molar-refractivity contribution is 5.82. The molecule has 1 fully saturated rings. The van der Waals surface area contributed by atoms with Gasteiger partial charge in [0.1, 0.15) is 6.10 Å². The smallest absolute Gasteiger partial charge is 0.307 e. The largest absolute Gasteiger partial charge is 0.466 e. The van der Waals surface area contributed by atoms with Gasteiger partial charge in [-0.3, -0.25) is 14.4 Å². The molecule has 0 bridgehead atoms. The lowest BCUT2D eigenvalue weighted by Crippen LogP contribution is -2.56. The number of ether oxygens (including phenoxy) is 3. The normalized spacial score (nSPS) is 18.8. The lowest BCUT2D eigenvalue weighted by molar-refractivity contribution is -0.304. The fourth-order valence-electron chi connectivity index (χ4n) is 3.97. The van der Waals surface area contributed by atoms with Gasteiger partial charge in [-0.05, 0) is 39.5 Å². The highest BCUT2D eigenvalue weighted by atomic mass is 16.7. The first-order valence-electron chi connectivity index (χ1n) is 13.4. The first-order valence-corrected chi connectivity index (χ1v) is 13.4. The van der Waals surface area contributed by atoms with Crippen molar-refractivity contribution in [1.82, 2.24) is 10.6 Å². The van der Waals surface area contributed by atoms with Crippen LogP contribution in [-0.4, -0.2) is 56.0 Å². The van der Waals surface area contributed by atoms with Gasteiger partial charge in [-0.1, -0.05) is 59.5 Å². The summed E-state index contributed by atoms with van der Waals surface area (Å²) in [5.74, 6) is -1.44. The maximum atomic E-state index is 12.6. The minimum absolute atomic E-state index is 0.0321. The zero-order valence-electron chi connectivity index (χ0n) is 23.5. The number of esters is 1. The van der Waals surface area contributed by atoms with Crippen LogP contribution >= 0.6 is 0 Å². The maximum Gasteiger partial charge on any atom is 0.307 e. The Bertz CT molecular complexity index is 717. The molecule has 1 heterocycles. The number of carbonyl (C=O) groups excluding carboxylic acids is 3. The molecule has 0 aliphatic carbocycles. The standard InChI is InChI=1S/C28H50N2O6/c1-8-9-10-11-12-13-14-17-26(2,3)25(33)30-18-15-20-34-22(31)16-19-29-24(32)23-27(4,5)21-35-28(6,7)36-23/h8,23H,1,9-21H2,2-7H3,(H,29,32)(H,30,33). The van der Waals surface area contributed by atoms with Crippen LogP contribution in [0.1, 0.15) is 99.3 Å². The third-order valence-electron chi connectivity index (χ3n) is 6.46. The molecule has 208 valence electrons. The average Bonchev–Trinajstić information content (AvgIpc) is 2.79. The van der Waals surface area contributed by atoms with E-state index in [0.29, 0.717) is 19.6 Å². The van der Waals surface area contributed by atoms with Gasteiger partial charge < -0.3 is 24.8 Å². The van der Waals surface area contributed by atoms with Crippen molar-refractivity contribution in [3.8, 4) is 0 Å². The molecule has 1 atom stereocenters. The van der Waals surface area contributed by atoms with Crippen LogP contribution in [0.4, 0.5) is 0 Å². The van der Waals surface area contributed by atoms with E-state index in [0.717, 1.165) is 25.7 Å². The van der Waals surface area contributed by atoms with Crippen molar-refractivity contribution in [2.24, 2.45) is 10.8 Å². The van der Waals surface area contributed by atoms with E-state index in [9.17, 15) is 14.4 Å². The summed E-state index contributed by atoms with van der Waals surface area (Å²) in [6, 6.07) is 0. The Kier molecular flexibility index (Phi) is 13.7. The SMILES string of the molecule is C=CCCCCCCCC(C)(C)C(=O)NCCCOC(=O)CCNC(=O)C1OC(C)(C)OCC1(C)C. The van der Waals surface area contributed by atoms with Crippen LogP contribution in [0.3, 0.4) is 0 Å². The first kappa shape index (κ1) is 32.1. The van der Waals surface area contributed by atoms with Gasteiger partial charge in [-0.2, -0.15) is 0 Å². The first-order chi connectivity index (χ1) is 16.8. The van der Waals surface area contributed by atoms with Gasteiger partial charge in [0, 0.05) is 23.9 Å². The van der Waals surface area contributed by atoms with Crippen molar-refractivity contribution < 1.29 is 28.6 Å². The topological polar surface area (TPSA) is 103 Å². The zero-order chi connectivity index (χ0) is 27.2. The van der Waals surface area contributed by atoms with Crippen LogP contribution in [0.25, 0.3) is 0 Å². The van der Waals surface area contributed by atoms with E-state index in [1.165, 1.54) is 19.3 Å². The third-order valence-corrected chi connectivity index (χ3v) is 6.46. The molecule has 0 aromatic carbocycles. The van der Waals surface area contributed by atoms with Gasteiger partial charge in [0.2, 0.25) is 11.8 Å². The molecule has 8 nitrogen and oxygen atoms in total. The van der Waals surface area contributed by atoms with E-state index in [1.54, 1.807) is 13.8 Å². The molecule has 0 aromatic heterocycles. The summed E-state index contributed by atoms with van der Waals surface area (Å²) in [5.41, 5.74) is -0.877. The number of rotatable bonds is 17. The van der Waals surface area contributed by atoms with Crippen molar-refractivity contribution in [2.75, 3.05) is 26.3 Å². The average molecular weight is 511 g/mol. The van der Waals surface area contributed by atoms with Gasteiger partial charge in [0.15, 0.2) is 5.79 Å².